The van der Waals surface area contributed by atoms with Crippen molar-refractivity contribution in [1.29, 1.82) is 0 Å². The number of aromatic nitrogens is 4. The van der Waals surface area contributed by atoms with Gasteiger partial charge >= 0.3 is 6.36 Å². The topological polar surface area (TPSA) is 104 Å². The lowest BCUT2D eigenvalue weighted by Crippen LogP contribution is -2.41. The zero-order valence-corrected chi connectivity index (χ0v) is 18.7. The number of nitrogens with zero attached hydrogens (tertiary/aromatic N) is 4. The molecule has 9 nitrogen and oxygen atoms in total. The molecule has 2 atom stereocenters. The number of alkyl halides is 3. The molecule has 2 aliphatic rings. The molecule has 1 aliphatic carbocycles. The molecule has 1 saturated heterocycles. The number of hydrogen-bond acceptors (Lipinski definition) is 7. The first kappa shape index (κ1) is 22.3. The maximum atomic E-state index is 12.6. The normalized spacial score (nSPS) is 25.7. The van der Waals surface area contributed by atoms with E-state index >= 15 is 0 Å². The Kier molecular flexibility index (Phi) is 5.87. The van der Waals surface area contributed by atoms with Crippen molar-refractivity contribution in [3.05, 3.63) is 46.5 Å². The number of hydrogen-bond donors (Lipinski definition) is 1. The predicted octanol–water partition coefficient (Wildman–Crippen LogP) is 3.91. The second kappa shape index (κ2) is 8.69. The van der Waals surface area contributed by atoms with Crippen LogP contribution in [0.1, 0.15) is 60.0 Å². The Morgan fingerprint density at radius 2 is 2.03 bits per heavy atom. The fourth-order valence-corrected chi connectivity index (χ4v) is 4.30. The number of ether oxygens (including phenoxy) is 2. The van der Waals surface area contributed by atoms with Gasteiger partial charge in [0.15, 0.2) is 0 Å². The number of halogens is 4. The van der Waals surface area contributed by atoms with Gasteiger partial charge in [0.25, 0.3) is 5.91 Å². The maximum Gasteiger partial charge on any atom is 0.522 e. The summed E-state index contributed by atoms with van der Waals surface area (Å²) in [6, 6.07) is 3.48. The highest BCUT2D eigenvalue weighted by atomic mass is 79.9. The van der Waals surface area contributed by atoms with E-state index < -0.39 is 18.6 Å². The van der Waals surface area contributed by atoms with Gasteiger partial charge in [-0.05, 0) is 37.8 Å². The van der Waals surface area contributed by atoms with Gasteiger partial charge in [-0.15, -0.1) is 23.4 Å². The maximum absolute atomic E-state index is 12.6. The molecule has 5 rings (SSSR count). The highest BCUT2D eigenvalue weighted by Gasteiger charge is 2.42. The third kappa shape index (κ3) is 5.04. The zero-order valence-electron chi connectivity index (χ0n) is 17.1. The van der Waals surface area contributed by atoms with Gasteiger partial charge in [0.1, 0.15) is 17.4 Å². The van der Waals surface area contributed by atoms with Gasteiger partial charge in [-0.2, -0.15) is 0 Å². The van der Waals surface area contributed by atoms with Crippen molar-refractivity contribution in [2.75, 3.05) is 6.61 Å². The van der Waals surface area contributed by atoms with Crippen LogP contribution >= 0.6 is 15.9 Å². The second-order valence-corrected chi connectivity index (χ2v) is 9.05. The Labute approximate surface area is 193 Å². The van der Waals surface area contributed by atoms with Crippen LogP contribution in [-0.4, -0.2) is 50.6 Å². The molecular weight excluding hydrogens is 511 g/mol. The van der Waals surface area contributed by atoms with Gasteiger partial charge < -0.3 is 18.9 Å². The van der Waals surface area contributed by atoms with Crippen molar-refractivity contribution >= 4 is 27.5 Å². The van der Waals surface area contributed by atoms with Crippen LogP contribution in [0.25, 0.3) is 5.65 Å². The number of carbonyl (C=O) groups is 1. The van der Waals surface area contributed by atoms with Crippen molar-refractivity contribution in [2.24, 2.45) is 0 Å². The summed E-state index contributed by atoms with van der Waals surface area (Å²) < 4.78 is 54.8. The van der Waals surface area contributed by atoms with Gasteiger partial charge in [-0.3, -0.25) is 9.53 Å². The van der Waals surface area contributed by atoms with E-state index in [0.717, 1.165) is 4.47 Å². The molecule has 1 aliphatic heterocycles. The number of nitrogens with one attached hydrogen (secondary N) is 1. The second-order valence-electron chi connectivity index (χ2n) is 8.14. The summed E-state index contributed by atoms with van der Waals surface area (Å²) >= 11 is 3.38. The van der Waals surface area contributed by atoms with Gasteiger partial charge in [-0.25, -0.2) is 4.98 Å². The molecule has 176 valence electrons. The molecule has 1 N–H and O–H groups in total. The number of amides is 1. The first-order chi connectivity index (χ1) is 15.7. The predicted molar refractivity (Wildman–Crippen MR) is 109 cm³/mol. The van der Waals surface area contributed by atoms with Crippen molar-refractivity contribution < 1.29 is 31.9 Å². The third-order valence-electron chi connectivity index (χ3n) is 5.74. The van der Waals surface area contributed by atoms with Crippen LogP contribution in [0.2, 0.25) is 0 Å². The van der Waals surface area contributed by atoms with Crippen LogP contribution in [0, 0.1) is 0 Å². The molecule has 0 aromatic carbocycles. The first-order valence-electron chi connectivity index (χ1n) is 10.4. The zero-order chi connectivity index (χ0) is 23.2. The van der Waals surface area contributed by atoms with Crippen molar-refractivity contribution in [2.45, 2.75) is 56.2 Å². The first-order valence-corrected chi connectivity index (χ1v) is 11.2. The quantitative estimate of drug-likeness (QED) is 0.534. The Balaban J connectivity index is 1.11. The summed E-state index contributed by atoms with van der Waals surface area (Å²) in [4.78, 5) is 16.9. The summed E-state index contributed by atoms with van der Waals surface area (Å²) in [5.74, 6) is 0.0493. The summed E-state index contributed by atoms with van der Waals surface area (Å²) in [6.45, 7) is 0.262. The monoisotopic (exact) mass is 529 g/mol. The summed E-state index contributed by atoms with van der Waals surface area (Å²) in [7, 11) is 0. The van der Waals surface area contributed by atoms with Gasteiger partial charge in [0.05, 0.1) is 18.8 Å². The van der Waals surface area contributed by atoms with Crippen LogP contribution in [0.5, 0.6) is 0 Å². The summed E-state index contributed by atoms with van der Waals surface area (Å²) in [5.41, 5.74) is 0.967. The largest absolute Gasteiger partial charge is 0.522 e. The number of fused-ring (bicyclic) bond motifs is 1. The third-order valence-corrected chi connectivity index (χ3v) is 6.24. The van der Waals surface area contributed by atoms with E-state index in [1.54, 1.807) is 10.6 Å². The van der Waals surface area contributed by atoms with Crippen LogP contribution in [0.3, 0.4) is 0 Å². The number of rotatable bonds is 5. The van der Waals surface area contributed by atoms with Crippen LogP contribution in [-0.2, 0) is 9.47 Å². The summed E-state index contributed by atoms with van der Waals surface area (Å²) in [5, 5.41) is 10.9. The minimum Gasteiger partial charge on any atom is -0.422 e. The van der Waals surface area contributed by atoms with Gasteiger partial charge in [0, 0.05) is 22.8 Å². The Morgan fingerprint density at radius 3 is 2.76 bits per heavy atom. The van der Waals surface area contributed by atoms with Crippen molar-refractivity contribution in [3.63, 3.8) is 0 Å². The van der Waals surface area contributed by atoms with E-state index in [0.29, 0.717) is 36.0 Å². The molecule has 0 radical (unpaired) electrons. The van der Waals surface area contributed by atoms with Crippen LogP contribution in [0.4, 0.5) is 13.2 Å². The smallest absolute Gasteiger partial charge is 0.422 e. The minimum absolute atomic E-state index is 0.181. The molecule has 1 amide bonds. The van der Waals surface area contributed by atoms with E-state index in [9.17, 15) is 18.0 Å². The highest BCUT2D eigenvalue weighted by molar-refractivity contribution is 9.10. The van der Waals surface area contributed by atoms with Crippen LogP contribution < -0.4 is 5.32 Å². The number of imidazole rings is 1. The standard InChI is InChI=1S/C20H19BrF3N5O4/c21-11-3-4-29-8-14(26-16(29)7-11)17(30)25-12-1-2-15(31-9-12)19-28-27-18(32-19)10-5-13(6-10)33-20(22,23)24/h3-4,7-8,10,12-13,15H,1-2,5-6,9H2,(H,25,30)/t10-,12-,13+,15+/m0/s1. The van der Waals surface area contributed by atoms with Gasteiger partial charge in [0.2, 0.25) is 11.8 Å². The van der Waals surface area contributed by atoms with E-state index in [4.69, 9.17) is 9.15 Å². The van der Waals surface area contributed by atoms with Crippen molar-refractivity contribution in [1.82, 2.24) is 24.9 Å². The Morgan fingerprint density at radius 1 is 1.24 bits per heavy atom. The molecule has 1 saturated carbocycles. The Bertz CT molecular complexity index is 1150. The number of carbonyl (C=O) groups excluding carboxylic acids is 1. The van der Waals surface area contributed by atoms with E-state index in [1.807, 2.05) is 18.3 Å². The van der Waals surface area contributed by atoms with Gasteiger partial charge in [-0.1, -0.05) is 15.9 Å². The molecular formula is C20H19BrF3N5O4. The van der Waals surface area contributed by atoms with E-state index in [2.05, 4.69) is 41.2 Å². The molecule has 2 fully saturated rings. The minimum atomic E-state index is -4.64. The van der Waals surface area contributed by atoms with E-state index in [-0.39, 0.29) is 37.3 Å². The summed E-state index contributed by atoms with van der Waals surface area (Å²) in [6.07, 6.45) is -0.920. The molecule has 3 aromatic rings. The van der Waals surface area contributed by atoms with E-state index in [1.165, 1.54) is 0 Å². The molecule has 0 unspecified atom stereocenters. The molecule has 3 aromatic heterocycles. The average Bonchev–Trinajstić information content (AvgIpc) is 3.37. The fraction of sp³-hybridized carbons (Fsp3) is 0.500. The molecule has 13 heteroatoms. The number of pyridine rings is 1. The van der Waals surface area contributed by atoms with Crippen molar-refractivity contribution in [3.8, 4) is 0 Å². The Hall–Kier alpha value is -2.51. The molecule has 4 heterocycles. The molecule has 0 spiro atoms. The lowest BCUT2D eigenvalue weighted by molar-refractivity contribution is -0.352. The fourth-order valence-electron chi connectivity index (χ4n) is 3.98. The van der Waals surface area contributed by atoms with Crippen LogP contribution in [0.15, 0.2) is 33.4 Å². The lowest BCUT2D eigenvalue weighted by atomic mass is 9.82. The lowest BCUT2D eigenvalue weighted by Gasteiger charge is -2.33. The SMILES string of the molecule is O=C(N[C@H]1CC[C@H](c2nnc([C@H]3C[C@@H](OC(F)(F)F)C3)o2)OC1)c1cn2ccc(Br)cc2n1. The molecule has 33 heavy (non-hydrogen) atoms. The average molecular weight is 530 g/mol. The molecule has 0 bridgehead atoms. The highest BCUT2D eigenvalue weighted by Crippen LogP contribution is 2.41.